The molecule has 1 aliphatic rings. The molecule has 0 atom stereocenters. The van der Waals surface area contributed by atoms with Crippen LogP contribution in [0.25, 0.3) is 0 Å². The maximum Gasteiger partial charge on any atom is 0.253 e. The predicted octanol–water partition coefficient (Wildman–Crippen LogP) is 2.40. The van der Waals surface area contributed by atoms with E-state index in [1.54, 1.807) is 11.8 Å². The molecule has 1 heterocycles. The van der Waals surface area contributed by atoms with E-state index in [0.717, 1.165) is 30.8 Å². The van der Waals surface area contributed by atoms with Gasteiger partial charge in [0.15, 0.2) is 0 Å². The third-order valence-corrected chi connectivity index (χ3v) is 3.25. The van der Waals surface area contributed by atoms with Gasteiger partial charge < -0.3 is 4.90 Å². The second kappa shape index (κ2) is 4.71. The van der Waals surface area contributed by atoms with Gasteiger partial charge in [0.05, 0.1) is 0 Å². The van der Waals surface area contributed by atoms with Crippen molar-refractivity contribution in [2.75, 3.05) is 19.3 Å². The van der Waals surface area contributed by atoms with Crippen LogP contribution >= 0.6 is 11.8 Å². The number of hydrogen-bond acceptors (Lipinski definition) is 2. The molecular formula is C12H15NOS. The van der Waals surface area contributed by atoms with E-state index in [1.165, 1.54) is 5.56 Å². The van der Waals surface area contributed by atoms with Crippen LogP contribution in [-0.2, 0) is 5.75 Å². The van der Waals surface area contributed by atoms with Crippen molar-refractivity contribution in [1.29, 1.82) is 0 Å². The van der Waals surface area contributed by atoms with E-state index in [9.17, 15) is 4.79 Å². The van der Waals surface area contributed by atoms with Gasteiger partial charge in [0.1, 0.15) is 0 Å². The van der Waals surface area contributed by atoms with Gasteiger partial charge in [-0.15, -0.1) is 0 Å². The Labute approximate surface area is 94.7 Å². The van der Waals surface area contributed by atoms with E-state index in [-0.39, 0.29) is 5.91 Å². The zero-order chi connectivity index (χ0) is 10.7. The Bertz CT molecular complexity index is 360. The quantitative estimate of drug-likeness (QED) is 0.781. The number of thioether (sulfide) groups is 1. The van der Waals surface area contributed by atoms with Crippen molar-refractivity contribution in [2.45, 2.75) is 12.2 Å². The summed E-state index contributed by atoms with van der Waals surface area (Å²) >= 11 is 1.78. The number of carbonyl (C=O) groups is 1. The second-order valence-corrected chi connectivity index (χ2v) is 4.65. The van der Waals surface area contributed by atoms with E-state index in [1.807, 2.05) is 23.1 Å². The summed E-state index contributed by atoms with van der Waals surface area (Å²) in [5, 5.41) is 0. The molecule has 80 valence electrons. The molecule has 1 aromatic rings. The van der Waals surface area contributed by atoms with Gasteiger partial charge in [-0.1, -0.05) is 12.1 Å². The molecular weight excluding hydrogens is 206 g/mol. The second-order valence-electron chi connectivity index (χ2n) is 3.78. The van der Waals surface area contributed by atoms with Gasteiger partial charge in [0.25, 0.3) is 5.91 Å². The lowest BCUT2D eigenvalue weighted by molar-refractivity contribution is 0.0652. The van der Waals surface area contributed by atoms with Crippen molar-refractivity contribution in [1.82, 2.24) is 4.90 Å². The number of likely N-dealkylation sites (tertiary alicyclic amines) is 1. The molecule has 0 radical (unpaired) electrons. The number of hydrogen-bond donors (Lipinski definition) is 0. The number of nitrogens with zero attached hydrogens (tertiary/aromatic N) is 1. The first-order chi connectivity index (χ1) is 7.31. The summed E-state index contributed by atoms with van der Waals surface area (Å²) in [5.41, 5.74) is 2.06. The van der Waals surface area contributed by atoms with Crippen molar-refractivity contribution in [2.24, 2.45) is 0 Å². The standard InChI is InChI=1S/C12H15NOS/c1-15-9-10-4-2-5-11(8-10)12(14)13-6-3-7-13/h2,4-5,8H,3,6-7,9H2,1H3. The Hall–Kier alpha value is -0.960. The molecule has 0 bridgehead atoms. The zero-order valence-electron chi connectivity index (χ0n) is 8.90. The topological polar surface area (TPSA) is 20.3 Å². The normalized spacial score (nSPS) is 14.9. The van der Waals surface area contributed by atoms with Gasteiger partial charge in [-0.05, 0) is 30.4 Å². The monoisotopic (exact) mass is 221 g/mol. The number of amides is 1. The van der Waals surface area contributed by atoms with Crippen LogP contribution in [0.1, 0.15) is 22.3 Å². The van der Waals surface area contributed by atoms with Crippen LogP contribution in [0.3, 0.4) is 0 Å². The summed E-state index contributed by atoms with van der Waals surface area (Å²) < 4.78 is 0. The van der Waals surface area contributed by atoms with Crippen LogP contribution in [0, 0.1) is 0 Å². The van der Waals surface area contributed by atoms with Crippen molar-refractivity contribution < 1.29 is 4.79 Å². The number of carbonyl (C=O) groups excluding carboxylic acids is 1. The summed E-state index contributed by atoms with van der Waals surface area (Å²) in [6.07, 6.45) is 3.22. The van der Waals surface area contributed by atoms with E-state index in [4.69, 9.17) is 0 Å². The Balaban J connectivity index is 2.12. The summed E-state index contributed by atoms with van der Waals surface area (Å²) in [4.78, 5) is 13.8. The van der Waals surface area contributed by atoms with Gasteiger partial charge in [0, 0.05) is 24.4 Å². The fourth-order valence-electron chi connectivity index (χ4n) is 1.66. The average molecular weight is 221 g/mol. The predicted molar refractivity (Wildman–Crippen MR) is 64.2 cm³/mol. The van der Waals surface area contributed by atoms with Gasteiger partial charge in [-0.2, -0.15) is 11.8 Å². The highest BCUT2D eigenvalue weighted by atomic mass is 32.2. The lowest BCUT2D eigenvalue weighted by atomic mass is 10.1. The smallest absolute Gasteiger partial charge is 0.253 e. The lowest BCUT2D eigenvalue weighted by Gasteiger charge is -2.31. The largest absolute Gasteiger partial charge is 0.339 e. The molecule has 2 nitrogen and oxygen atoms in total. The molecule has 0 unspecified atom stereocenters. The molecule has 0 spiro atoms. The van der Waals surface area contributed by atoms with Crippen molar-refractivity contribution in [3.8, 4) is 0 Å². The minimum atomic E-state index is 0.184. The van der Waals surface area contributed by atoms with Gasteiger partial charge in [0.2, 0.25) is 0 Å². The molecule has 2 rings (SSSR count). The highest BCUT2D eigenvalue weighted by Gasteiger charge is 2.21. The molecule has 0 aliphatic carbocycles. The van der Waals surface area contributed by atoms with E-state index >= 15 is 0 Å². The summed E-state index contributed by atoms with van der Waals surface area (Å²) in [7, 11) is 0. The van der Waals surface area contributed by atoms with Gasteiger partial charge in [-0.3, -0.25) is 4.79 Å². The highest BCUT2D eigenvalue weighted by molar-refractivity contribution is 7.97. The SMILES string of the molecule is CSCc1cccc(C(=O)N2CCC2)c1. The fraction of sp³-hybridized carbons (Fsp3) is 0.417. The molecule has 1 aliphatic heterocycles. The van der Waals surface area contributed by atoms with Crippen molar-refractivity contribution >= 4 is 17.7 Å². The third kappa shape index (κ3) is 2.34. The van der Waals surface area contributed by atoms with Crippen molar-refractivity contribution in [3.05, 3.63) is 35.4 Å². The summed E-state index contributed by atoms with van der Waals surface area (Å²) in [6.45, 7) is 1.84. The maximum absolute atomic E-state index is 11.9. The summed E-state index contributed by atoms with van der Waals surface area (Å²) in [6, 6.07) is 7.96. The molecule has 0 N–H and O–H groups in total. The van der Waals surface area contributed by atoms with Crippen LogP contribution < -0.4 is 0 Å². The van der Waals surface area contributed by atoms with Crippen LogP contribution in [0.5, 0.6) is 0 Å². The van der Waals surface area contributed by atoms with E-state index < -0.39 is 0 Å². The molecule has 1 fully saturated rings. The van der Waals surface area contributed by atoms with Crippen LogP contribution in [0.4, 0.5) is 0 Å². The average Bonchev–Trinajstić information content (AvgIpc) is 2.16. The van der Waals surface area contributed by atoms with Gasteiger partial charge >= 0.3 is 0 Å². The first kappa shape index (κ1) is 10.6. The number of benzene rings is 1. The molecule has 0 saturated carbocycles. The third-order valence-electron chi connectivity index (χ3n) is 2.63. The molecule has 15 heavy (non-hydrogen) atoms. The molecule has 3 heteroatoms. The van der Waals surface area contributed by atoms with Crippen molar-refractivity contribution in [3.63, 3.8) is 0 Å². The maximum atomic E-state index is 11.9. The minimum Gasteiger partial charge on any atom is -0.339 e. The van der Waals surface area contributed by atoms with Crippen LogP contribution in [0.15, 0.2) is 24.3 Å². The molecule has 1 aromatic carbocycles. The minimum absolute atomic E-state index is 0.184. The highest BCUT2D eigenvalue weighted by Crippen LogP contribution is 2.15. The van der Waals surface area contributed by atoms with Crippen LogP contribution in [0.2, 0.25) is 0 Å². The molecule has 0 aromatic heterocycles. The lowest BCUT2D eigenvalue weighted by Crippen LogP contribution is -2.42. The van der Waals surface area contributed by atoms with E-state index in [0.29, 0.717) is 0 Å². The fourth-order valence-corrected chi connectivity index (χ4v) is 2.18. The number of rotatable bonds is 3. The Morgan fingerprint density at radius 3 is 2.87 bits per heavy atom. The Morgan fingerprint density at radius 2 is 2.27 bits per heavy atom. The zero-order valence-corrected chi connectivity index (χ0v) is 9.72. The summed E-state index contributed by atoms with van der Waals surface area (Å²) in [5.74, 6) is 1.16. The molecule has 1 saturated heterocycles. The van der Waals surface area contributed by atoms with Gasteiger partial charge in [-0.25, -0.2) is 0 Å². The van der Waals surface area contributed by atoms with Crippen LogP contribution in [-0.4, -0.2) is 30.2 Å². The molecule has 1 amide bonds. The first-order valence-corrected chi connectivity index (χ1v) is 6.58. The first-order valence-electron chi connectivity index (χ1n) is 5.18. The Kier molecular flexibility index (Phi) is 3.31. The Morgan fingerprint density at radius 1 is 1.47 bits per heavy atom. The van der Waals surface area contributed by atoms with E-state index in [2.05, 4.69) is 12.3 Å².